The lowest BCUT2D eigenvalue weighted by atomic mass is 10.0. The van der Waals surface area contributed by atoms with Crippen molar-refractivity contribution in [3.63, 3.8) is 0 Å². The van der Waals surface area contributed by atoms with Crippen LogP contribution in [-0.4, -0.2) is 74.3 Å². The first kappa shape index (κ1) is 67.0. The first-order valence-corrected chi connectivity index (χ1v) is 30.5. The molecule has 0 aromatic carbocycles. The quantitative estimate of drug-likeness (QED) is 0.0156. The largest absolute Gasteiger partial charge is 0.472 e. The van der Waals surface area contributed by atoms with E-state index in [9.17, 15) is 19.0 Å². The summed E-state index contributed by atoms with van der Waals surface area (Å²) in [6.07, 6.45) is 59.5. The number of nitrogens with one attached hydrogen (secondary N) is 1. The number of ether oxygens (including phenoxy) is 1. The Bertz CT molecular complexity index is 1330. The molecule has 2 N–H and O–H groups in total. The number of carbonyl (C=O) groups excluding carboxylic acids is 2. The number of rotatable bonds is 52. The normalized spacial score (nSPS) is 14.1. The third kappa shape index (κ3) is 50.7. The third-order valence-corrected chi connectivity index (χ3v) is 13.8. The van der Waals surface area contributed by atoms with E-state index in [-0.39, 0.29) is 31.5 Å². The number of likely N-dealkylation sites (N-methyl/N-ethyl adjacent to an activating group) is 1. The summed E-state index contributed by atoms with van der Waals surface area (Å²) < 4.78 is 30.6. The SMILES string of the molecule is CC/C=C/C=C/C=C/CCCCCCCCCC(=O)OC(/C=C/CCCCCCCCCCCCC)C(COP(=O)(O)OCC[N+](C)(C)C)NC(=O)CCCCCCCCCCCCCCCCC. The van der Waals surface area contributed by atoms with Crippen LogP contribution in [0, 0.1) is 0 Å². The fourth-order valence-corrected chi connectivity index (χ4v) is 9.09. The van der Waals surface area contributed by atoms with Crippen LogP contribution in [0.3, 0.4) is 0 Å². The minimum atomic E-state index is -4.44. The van der Waals surface area contributed by atoms with Crippen LogP contribution in [0.5, 0.6) is 0 Å². The van der Waals surface area contributed by atoms with E-state index in [1.54, 1.807) is 0 Å². The molecule has 0 bridgehead atoms. The van der Waals surface area contributed by atoms with Crippen molar-refractivity contribution in [2.75, 3.05) is 40.9 Å². The third-order valence-electron chi connectivity index (χ3n) is 12.8. The minimum Gasteiger partial charge on any atom is -0.456 e. The molecule has 0 aliphatic carbocycles. The highest BCUT2D eigenvalue weighted by atomic mass is 31.2. The van der Waals surface area contributed by atoms with Gasteiger partial charge in [-0.15, -0.1) is 0 Å². The predicted molar refractivity (Wildman–Crippen MR) is 295 cm³/mol. The molecule has 0 aliphatic heterocycles. The van der Waals surface area contributed by atoms with Crippen molar-refractivity contribution in [1.82, 2.24) is 5.32 Å². The van der Waals surface area contributed by atoms with Crippen molar-refractivity contribution < 1.29 is 37.3 Å². The number of phosphoric acid groups is 1. The monoisotopic (exact) mass is 992 g/mol. The van der Waals surface area contributed by atoms with Gasteiger partial charge in [-0.1, -0.05) is 250 Å². The van der Waals surface area contributed by atoms with Crippen LogP contribution in [0.4, 0.5) is 0 Å². The topological polar surface area (TPSA) is 111 Å². The molecule has 0 saturated carbocycles. The van der Waals surface area contributed by atoms with Crippen LogP contribution in [0.15, 0.2) is 48.6 Å². The van der Waals surface area contributed by atoms with E-state index in [2.05, 4.69) is 62.5 Å². The maximum atomic E-state index is 13.5. The molecule has 3 unspecified atom stereocenters. The van der Waals surface area contributed by atoms with Crippen LogP contribution in [-0.2, 0) is 27.9 Å². The number of esters is 1. The molecule has 10 heteroatoms. The maximum Gasteiger partial charge on any atom is 0.472 e. The van der Waals surface area contributed by atoms with Crippen molar-refractivity contribution in [2.24, 2.45) is 0 Å². The van der Waals surface area contributed by atoms with Crippen molar-refractivity contribution in [3.8, 4) is 0 Å². The lowest BCUT2D eigenvalue weighted by molar-refractivity contribution is -0.870. The standard InChI is InChI=1S/C59H111N2O7P/c1-7-10-13-16-19-22-25-28-30-33-36-39-42-45-48-51-58(62)60-56(55-67-69(64,65)66-54-53-61(4,5)6)57(50-47-44-41-38-35-32-27-24-21-18-15-12-9-3)68-59(63)52-49-46-43-40-37-34-31-29-26-23-20-17-14-11-8-2/h11,14,17,20,23,26,47,50,56-57H,7-10,12-13,15-16,18-19,21-22,24-25,27-46,48-49,51-55H2,1-6H3,(H-,60,62,64,65)/p+1/b14-11+,20-17+,26-23+,50-47+. The van der Waals surface area contributed by atoms with E-state index >= 15 is 0 Å². The van der Waals surface area contributed by atoms with Crippen molar-refractivity contribution in [1.29, 1.82) is 0 Å². The van der Waals surface area contributed by atoms with Crippen molar-refractivity contribution >= 4 is 19.7 Å². The molecular formula is C59H112N2O7P+. The average molecular weight is 993 g/mol. The minimum absolute atomic E-state index is 0.0390. The lowest BCUT2D eigenvalue weighted by Gasteiger charge is -2.27. The summed E-state index contributed by atoms with van der Waals surface area (Å²) in [6, 6.07) is -0.849. The van der Waals surface area contributed by atoms with Gasteiger partial charge in [-0.2, -0.15) is 0 Å². The molecule has 3 atom stereocenters. The van der Waals surface area contributed by atoms with E-state index in [0.717, 1.165) is 77.0 Å². The molecule has 0 spiro atoms. The highest BCUT2D eigenvalue weighted by molar-refractivity contribution is 7.47. The Morgan fingerprint density at radius 3 is 1.38 bits per heavy atom. The number of phosphoric ester groups is 1. The number of allylic oxidation sites excluding steroid dienone is 7. The van der Waals surface area contributed by atoms with E-state index in [0.29, 0.717) is 17.4 Å². The fraction of sp³-hybridized carbons (Fsp3) is 0.831. The van der Waals surface area contributed by atoms with Gasteiger partial charge in [0.05, 0.1) is 33.8 Å². The molecule has 69 heavy (non-hydrogen) atoms. The molecule has 1 amide bonds. The van der Waals surface area contributed by atoms with Crippen LogP contribution >= 0.6 is 7.82 Å². The van der Waals surface area contributed by atoms with Gasteiger partial charge in [0, 0.05) is 12.8 Å². The Balaban J connectivity index is 5.36. The second-order valence-electron chi connectivity index (χ2n) is 20.9. The second-order valence-corrected chi connectivity index (χ2v) is 22.3. The zero-order valence-electron chi connectivity index (χ0n) is 46.1. The molecule has 0 aliphatic rings. The highest BCUT2D eigenvalue weighted by Crippen LogP contribution is 2.43. The molecule has 0 fully saturated rings. The van der Waals surface area contributed by atoms with E-state index in [4.69, 9.17) is 13.8 Å². The maximum absolute atomic E-state index is 13.5. The molecule has 0 aromatic heterocycles. The zero-order valence-corrected chi connectivity index (χ0v) is 47.0. The number of hydrogen-bond donors (Lipinski definition) is 2. The van der Waals surface area contributed by atoms with Gasteiger partial charge < -0.3 is 19.4 Å². The van der Waals surface area contributed by atoms with Crippen LogP contribution in [0.2, 0.25) is 0 Å². The number of carbonyl (C=O) groups is 2. The molecule has 9 nitrogen and oxygen atoms in total. The molecule has 0 rings (SSSR count). The first-order chi connectivity index (χ1) is 33.4. The van der Waals surface area contributed by atoms with Gasteiger partial charge in [0.2, 0.25) is 5.91 Å². The molecule has 404 valence electrons. The number of amides is 1. The molecule has 0 heterocycles. The summed E-state index contributed by atoms with van der Waals surface area (Å²) in [5.41, 5.74) is 0. The van der Waals surface area contributed by atoms with E-state index in [1.165, 1.54) is 154 Å². The highest BCUT2D eigenvalue weighted by Gasteiger charge is 2.30. The summed E-state index contributed by atoms with van der Waals surface area (Å²) in [5, 5.41) is 3.05. The number of hydrogen-bond acceptors (Lipinski definition) is 6. The summed E-state index contributed by atoms with van der Waals surface area (Å²) >= 11 is 0. The first-order valence-electron chi connectivity index (χ1n) is 29.0. The summed E-state index contributed by atoms with van der Waals surface area (Å²) in [6.45, 7) is 6.89. The molecule has 0 aromatic rings. The van der Waals surface area contributed by atoms with Crippen molar-refractivity contribution in [2.45, 2.75) is 277 Å². The summed E-state index contributed by atoms with van der Waals surface area (Å²) in [4.78, 5) is 37.6. The molecule has 0 radical (unpaired) electrons. The van der Waals surface area contributed by atoms with Gasteiger partial charge in [-0.05, 0) is 51.0 Å². The van der Waals surface area contributed by atoms with Gasteiger partial charge >= 0.3 is 13.8 Å². The zero-order chi connectivity index (χ0) is 50.8. The molecular weight excluding hydrogens is 880 g/mol. The summed E-state index contributed by atoms with van der Waals surface area (Å²) in [7, 11) is 1.49. The molecule has 0 saturated heterocycles. The predicted octanol–water partition coefficient (Wildman–Crippen LogP) is 17.3. The van der Waals surface area contributed by atoms with Gasteiger partial charge in [-0.3, -0.25) is 18.6 Å². The van der Waals surface area contributed by atoms with Gasteiger partial charge in [0.15, 0.2) is 0 Å². The Kier molecular flexibility index (Phi) is 48.1. The smallest absolute Gasteiger partial charge is 0.456 e. The number of nitrogens with zero attached hydrogens (tertiary/aromatic N) is 1. The summed E-state index contributed by atoms with van der Waals surface area (Å²) in [5.74, 6) is -0.511. The Morgan fingerprint density at radius 2 is 0.928 bits per heavy atom. The van der Waals surface area contributed by atoms with E-state index in [1.807, 2.05) is 33.3 Å². The lowest BCUT2D eigenvalue weighted by Crippen LogP contribution is -2.47. The Labute approximate surface area is 427 Å². The number of unbranched alkanes of at least 4 members (excludes halogenated alkanes) is 32. The Hall–Kier alpha value is -2.03. The van der Waals surface area contributed by atoms with Gasteiger partial charge in [0.1, 0.15) is 19.3 Å². The van der Waals surface area contributed by atoms with Crippen molar-refractivity contribution in [3.05, 3.63) is 48.6 Å². The fourth-order valence-electron chi connectivity index (χ4n) is 8.35. The second kappa shape index (κ2) is 49.5. The van der Waals surface area contributed by atoms with Crippen LogP contribution in [0.1, 0.15) is 265 Å². The van der Waals surface area contributed by atoms with Gasteiger partial charge in [0.25, 0.3) is 0 Å². The van der Waals surface area contributed by atoms with Gasteiger partial charge in [-0.25, -0.2) is 4.57 Å². The average Bonchev–Trinajstić information content (AvgIpc) is 3.31. The number of quaternary nitrogens is 1. The Morgan fingerprint density at radius 1 is 0.522 bits per heavy atom. The van der Waals surface area contributed by atoms with E-state index < -0.39 is 20.0 Å². The van der Waals surface area contributed by atoms with Crippen LogP contribution in [0.25, 0.3) is 0 Å². The van der Waals surface area contributed by atoms with Crippen LogP contribution < -0.4 is 5.32 Å².